The van der Waals surface area contributed by atoms with E-state index in [1.54, 1.807) is 52.0 Å². The zero-order chi connectivity index (χ0) is 22.2. The molecule has 3 N–H and O–H groups in total. The second kappa shape index (κ2) is 7.59. The summed E-state index contributed by atoms with van der Waals surface area (Å²) in [6, 6.07) is 8.79. The fourth-order valence-corrected chi connectivity index (χ4v) is 3.33. The molecule has 2 heterocycles. The summed E-state index contributed by atoms with van der Waals surface area (Å²) < 4.78 is 16.2. The van der Waals surface area contributed by atoms with Crippen LogP contribution >= 0.6 is 0 Å². The summed E-state index contributed by atoms with van der Waals surface area (Å²) in [5.74, 6) is -1.09. The number of rotatable bonds is 3. The van der Waals surface area contributed by atoms with Crippen LogP contribution in [0.1, 0.15) is 39.2 Å². The number of aromatic nitrogens is 1. The molecule has 0 amide bonds. The van der Waals surface area contributed by atoms with Crippen molar-refractivity contribution in [3.05, 3.63) is 63.0 Å². The summed E-state index contributed by atoms with van der Waals surface area (Å²) >= 11 is 0. The van der Waals surface area contributed by atoms with Crippen molar-refractivity contribution < 1.29 is 19.0 Å². The Morgan fingerprint density at radius 3 is 2.60 bits per heavy atom. The van der Waals surface area contributed by atoms with Crippen LogP contribution in [0, 0.1) is 11.3 Å². The van der Waals surface area contributed by atoms with Crippen LogP contribution in [-0.2, 0) is 14.3 Å². The molecule has 1 aliphatic rings. The summed E-state index contributed by atoms with van der Waals surface area (Å²) in [5, 5.41) is 10.4. The van der Waals surface area contributed by atoms with Crippen LogP contribution in [0.2, 0.25) is 0 Å². The molecule has 0 unspecified atom stereocenters. The van der Waals surface area contributed by atoms with E-state index in [2.05, 4.69) is 4.98 Å². The molecule has 0 fully saturated rings. The van der Waals surface area contributed by atoms with Gasteiger partial charge in [0.25, 0.3) is 5.56 Å². The number of fused-ring (bicyclic) bond motifs is 1. The summed E-state index contributed by atoms with van der Waals surface area (Å²) in [4.78, 5) is 28.7. The number of nitrogens with two attached hydrogens (primary N) is 1. The van der Waals surface area contributed by atoms with Crippen molar-refractivity contribution in [2.24, 2.45) is 5.73 Å². The number of nitriles is 1. The third-order valence-corrected chi connectivity index (χ3v) is 4.62. The number of methoxy groups -OCH3 is 1. The van der Waals surface area contributed by atoms with E-state index < -0.39 is 23.0 Å². The maximum absolute atomic E-state index is 13.0. The summed E-state index contributed by atoms with van der Waals surface area (Å²) in [7, 11) is 1.54. The SMILES string of the molecule is COc1ccc2[nH]c(=O)c([C@H]3C(C#N)=C(N)OC(C)=C3C(=O)OC(C)(C)C)cc2c1. The number of carbonyl (C=O) groups excluding carboxylic acids is 1. The fraction of sp³-hybridized carbons (Fsp3) is 0.318. The largest absolute Gasteiger partial charge is 0.497 e. The van der Waals surface area contributed by atoms with Gasteiger partial charge in [0.2, 0.25) is 5.88 Å². The minimum atomic E-state index is -1.03. The van der Waals surface area contributed by atoms with Gasteiger partial charge in [-0.1, -0.05) is 0 Å². The smallest absolute Gasteiger partial charge is 0.338 e. The van der Waals surface area contributed by atoms with E-state index in [4.69, 9.17) is 19.9 Å². The van der Waals surface area contributed by atoms with E-state index in [0.29, 0.717) is 16.7 Å². The van der Waals surface area contributed by atoms with Gasteiger partial charge in [-0.2, -0.15) is 5.26 Å². The van der Waals surface area contributed by atoms with Crippen molar-refractivity contribution >= 4 is 16.9 Å². The van der Waals surface area contributed by atoms with Crippen molar-refractivity contribution in [3.8, 4) is 11.8 Å². The molecule has 8 nitrogen and oxygen atoms in total. The molecule has 156 valence electrons. The minimum Gasteiger partial charge on any atom is -0.497 e. The third-order valence-electron chi connectivity index (χ3n) is 4.62. The van der Waals surface area contributed by atoms with Gasteiger partial charge in [0.05, 0.1) is 18.6 Å². The van der Waals surface area contributed by atoms with Crippen LogP contribution in [0.25, 0.3) is 10.9 Å². The highest BCUT2D eigenvalue weighted by Gasteiger charge is 2.39. The topological polar surface area (TPSA) is 127 Å². The average molecular weight is 409 g/mol. The summed E-state index contributed by atoms with van der Waals surface area (Å²) in [6.07, 6.45) is 0. The van der Waals surface area contributed by atoms with Gasteiger partial charge < -0.3 is 24.9 Å². The molecule has 8 heteroatoms. The van der Waals surface area contributed by atoms with Crippen molar-refractivity contribution in [1.29, 1.82) is 5.26 Å². The predicted molar refractivity (Wildman–Crippen MR) is 110 cm³/mol. The molecular weight excluding hydrogens is 386 g/mol. The van der Waals surface area contributed by atoms with E-state index in [0.717, 1.165) is 0 Å². The maximum atomic E-state index is 13.0. The number of hydrogen-bond donors (Lipinski definition) is 2. The number of nitrogens with one attached hydrogen (secondary N) is 1. The van der Waals surface area contributed by atoms with E-state index >= 15 is 0 Å². The number of aromatic amines is 1. The molecule has 0 bridgehead atoms. The molecule has 1 aromatic carbocycles. The van der Waals surface area contributed by atoms with Crippen LogP contribution in [0.5, 0.6) is 5.75 Å². The molecule has 0 radical (unpaired) electrons. The molecule has 0 saturated heterocycles. The third kappa shape index (κ3) is 3.87. The Morgan fingerprint density at radius 2 is 2.00 bits per heavy atom. The zero-order valence-corrected chi connectivity index (χ0v) is 17.5. The lowest BCUT2D eigenvalue weighted by Crippen LogP contribution is -2.32. The monoisotopic (exact) mass is 409 g/mol. The number of pyridine rings is 1. The average Bonchev–Trinajstić information content (AvgIpc) is 2.65. The molecule has 1 aliphatic heterocycles. The molecular formula is C22H23N3O5. The van der Waals surface area contributed by atoms with Gasteiger partial charge in [0.15, 0.2) is 0 Å². The number of hydrogen-bond acceptors (Lipinski definition) is 7. The zero-order valence-electron chi connectivity index (χ0n) is 17.5. The summed E-state index contributed by atoms with van der Waals surface area (Å²) in [6.45, 7) is 6.73. The fourth-order valence-electron chi connectivity index (χ4n) is 3.33. The van der Waals surface area contributed by atoms with Crippen LogP contribution in [0.3, 0.4) is 0 Å². The molecule has 1 aromatic heterocycles. The molecule has 0 aliphatic carbocycles. The summed E-state index contributed by atoms with van der Waals surface area (Å²) in [5.41, 5.74) is 5.49. The normalized spacial score (nSPS) is 16.9. The van der Waals surface area contributed by atoms with E-state index in [1.807, 2.05) is 6.07 Å². The second-order valence-corrected chi connectivity index (χ2v) is 7.90. The first-order valence-electron chi connectivity index (χ1n) is 9.28. The van der Waals surface area contributed by atoms with E-state index in [-0.39, 0.29) is 28.4 Å². The number of carbonyl (C=O) groups is 1. The highest BCUT2D eigenvalue weighted by molar-refractivity contribution is 5.93. The van der Waals surface area contributed by atoms with Crippen molar-refractivity contribution in [2.75, 3.05) is 7.11 Å². The lowest BCUT2D eigenvalue weighted by molar-refractivity contribution is -0.150. The molecule has 0 spiro atoms. The van der Waals surface area contributed by atoms with Gasteiger partial charge in [-0.05, 0) is 52.0 Å². The van der Waals surface area contributed by atoms with Crippen molar-refractivity contribution in [1.82, 2.24) is 4.98 Å². The van der Waals surface area contributed by atoms with Crippen LogP contribution in [0.15, 0.2) is 51.8 Å². The Kier molecular flexibility index (Phi) is 5.31. The van der Waals surface area contributed by atoms with Crippen LogP contribution < -0.4 is 16.0 Å². The Labute approximate surface area is 173 Å². The van der Waals surface area contributed by atoms with Gasteiger partial charge >= 0.3 is 5.97 Å². The van der Waals surface area contributed by atoms with Crippen molar-refractivity contribution in [3.63, 3.8) is 0 Å². The highest BCUT2D eigenvalue weighted by atomic mass is 16.6. The van der Waals surface area contributed by atoms with Gasteiger partial charge in [0.1, 0.15) is 28.8 Å². The molecule has 30 heavy (non-hydrogen) atoms. The lowest BCUT2D eigenvalue weighted by Gasteiger charge is -2.29. The predicted octanol–water partition coefficient (Wildman–Crippen LogP) is 2.96. The van der Waals surface area contributed by atoms with Gasteiger partial charge in [-0.3, -0.25) is 4.79 Å². The Bertz CT molecular complexity index is 1190. The number of ether oxygens (including phenoxy) is 3. The van der Waals surface area contributed by atoms with Crippen LogP contribution in [0.4, 0.5) is 0 Å². The van der Waals surface area contributed by atoms with Gasteiger partial charge in [-0.25, -0.2) is 4.79 Å². The van der Waals surface area contributed by atoms with Crippen LogP contribution in [-0.4, -0.2) is 23.7 Å². The highest BCUT2D eigenvalue weighted by Crippen LogP contribution is 2.39. The number of allylic oxidation sites excluding steroid dienone is 2. The van der Waals surface area contributed by atoms with Gasteiger partial charge in [-0.15, -0.1) is 0 Å². The number of H-pyrrole nitrogens is 1. The first-order chi connectivity index (χ1) is 14.1. The Balaban J connectivity index is 2.26. The maximum Gasteiger partial charge on any atom is 0.338 e. The van der Waals surface area contributed by atoms with Crippen molar-refractivity contribution in [2.45, 2.75) is 39.2 Å². The first-order valence-corrected chi connectivity index (χ1v) is 9.28. The minimum absolute atomic E-state index is 0.0331. The number of esters is 1. The first kappa shape index (κ1) is 21.0. The number of benzene rings is 1. The molecule has 1 atom stereocenters. The molecule has 0 saturated carbocycles. The van der Waals surface area contributed by atoms with E-state index in [1.165, 1.54) is 7.11 Å². The molecule has 3 rings (SSSR count). The standard InChI is InChI=1S/C22H23N3O5/c1-11-17(21(27)30-22(2,3)4)18(15(10-23)19(24)29-11)14-9-12-8-13(28-5)6-7-16(12)25-20(14)26/h6-9,18H,24H2,1-5H3,(H,25,26)/t18-/m0/s1. The number of nitrogens with zero attached hydrogens (tertiary/aromatic N) is 1. The Hall–Kier alpha value is -3.73. The Morgan fingerprint density at radius 1 is 1.30 bits per heavy atom. The second-order valence-electron chi connectivity index (χ2n) is 7.90. The molecule has 2 aromatic rings. The van der Waals surface area contributed by atoms with E-state index in [9.17, 15) is 14.9 Å². The quantitative estimate of drug-likeness (QED) is 0.746. The lowest BCUT2D eigenvalue weighted by atomic mass is 9.83. The van der Waals surface area contributed by atoms with Gasteiger partial charge in [0, 0.05) is 16.5 Å².